The van der Waals surface area contributed by atoms with Gasteiger partial charge in [0.2, 0.25) is 0 Å². The molecule has 1 aliphatic heterocycles. The van der Waals surface area contributed by atoms with Gasteiger partial charge in [-0.25, -0.2) is 0 Å². The highest BCUT2D eigenvalue weighted by atomic mass is 32.2. The van der Waals surface area contributed by atoms with Crippen LogP contribution in [0.15, 0.2) is 53.4 Å². The third-order valence-electron chi connectivity index (χ3n) is 3.54. The zero-order valence-corrected chi connectivity index (χ0v) is 14.7. The highest BCUT2D eigenvalue weighted by Crippen LogP contribution is 2.37. The molecule has 3 rings (SSSR count). The molecule has 1 amide bonds. The zero-order chi connectivity index (χ0) is 18.0. The topological polar surface area (TPSA) is 72.7 Å². The maximum absolute atomic E-state index is 12.7. The molecule has 2 aromatic rings. The Morgan fingerprint density at radius 2 is 1.88 bits per heavy atom. The molecule has 0 atom stereocenters. The Morgan fingerprint density at radius 1 is 1.20 bits per heavy atom. The summed E-state index contributed by atoms with van der Waals surface area (Å²) in [6, 6.07) is 13.1. The first kappa shape index (κ1) is 17.1. The number of thioether (sulfide) groups is 1. The normalized spacial score (nSPS) is 15.7. The van der Waals surface area contributed by atoms with Gasteiger partial charge in [-0.1, -0.05) is 42.2 Å². The third-order valence-corrected chi connectivity index (χ3v) is 4.84. The number of benzene rings is 2. The molecule has 2 aromatic carbocycles. The monoisotopic (exact) mass is 372 g/mol. The lowest BCUT2D eigenvalue weighted by Gasteiger charge is -2.14. The number of nitrogens with zero attached hydrogens (tertiary/aromatic N) is 2. The Balaban J connectivity index is 1.92. The van der Waals surface area contributed by atoms with Gasteiger partial charge in [0, 0.05) is 17.7 Å². The number of hydrogen-bond acceptors (Lipinski definition) is 6. The quantitative estimate of drug-likeness (QED) is 0.349. The second-order valence-electron chi connectivity index (χ2n) is 5.03. The number of thiocarbonyl (C=S) groups is 1. The number of nitro benzene ring substituents is 1. The van der Waals surface area contributed by atoms with Crippen molar-refractivity contribution in [2.75, 3.05) is 12.0 Å². The zero-order valence-electron chi connectivity index (χ0n) is 13.0. The molecule has 0 unspecified atom stereocenters. The standard InChI is InChI=1S/C17H12N2O4S2/c1-23-14-5-3-2-4-11(14)10-15-16(20)18(17(24)25-15)12-6-8-13(9-7-12)19(21)22/h2-10H,1H3. The van der Waals surface area contributed by atoms with E-state index in [2.05, 4.69) is 0 Å². The highest BCUT2D eigenvalue weighted by Gasteiger charge is 2.33. The summed E-state index contributed by atoms with van der Waals surface area (Å²) in [5.41, 5.74) is 1.23. The van der Waals surface area contributed by atoms with Gasteiger partial charge in [-0.2, -0.15) is 0 Å². The van der Waals surface area contributed by atoms with E-state index >= 15 is 0 Å². The predicted molar refractivity (Wildman–Crippen MR) is 102 cm³/mol. The Hall–Kier alpha value is -2.71. The molecule has 0 aliphatic carbocycles. The van der Waals surface area contributed by atoms with Gasteiger partial charge in [-0.3, -0.25) is 19.8 Å². The molecule has 1 heterocycles. The summed E-state index contributed by atoms with van der Waals surface area (Å²) in [6.07, 6.45) is 1.73. The molecule has 6 nitrogen and oxygen atoms in total. The molecule has 0 radical (unpaired) electrons. The van der Waals surface area contributed by atoms with Crippen molar-refractivity contribution < 1.29 is 14.5 Å². The summed E-state index contributed by atoms with van der Waals surface area (Å²) >= 11 is 6.48. The molecule has 1 fully saturated rings. The number of anilines is 1. The van der Waals surface area contributed by atoms with Crippen LogP contribution in [-0.4, -0.2) is 22.3 Å². The molecule has 0 aromatic heterocycles. The lowest BCUT2D eigenvalue weighted by molar-refractivity contribution is -0.384. The first-order valence-electron chi connectivity index (χ1n) is 7.16. The number of methoxy groups -OCH3 is 1. The molecule has 126 valence electrons. The Bertz CT molecular complexity index is 894. The lowest BCUT2D eigenvalue weighted by atomic mass is 10.2. The van der Waals surface area contributed by atoms with E-state index in [1.54, 1.807) is 13.2 Å². The molecular formula is C17H12N2O4S2. The minimum Gasteiger partial charge on any atom is -0.496 e. The van der Waals surface area contributed by atoms with E-state index in [1.165, 1.54) is 40.9 Å². The van der Waals surface area contributed by atoms with Crippen LogP contribution in [0.1, 0.15) is 5.56 Å². The number of para-hydroxylation sites is 1. The summed E-state index contributed by atoms with van der Waals surface area (Å²) in [6.45, 7) is 0. The van der Waals surface area contributed by atoms with E-state index in [-0.39, 0.29) is 11.6 Å². The number of amides is 1. The van der Waals surface area contributed by atoms with Gasteiger partial charge in [0.25, 0.3) is 11.6 Å². The summed E-state index contributed by atoms with van der Waals surface area (Å²) < 4.78 is 5.66. The highest BCUT2D eigenvalue weighted by molar-refractivity contribution is 8.27. The van der Waals surface area contributed by atoms with Crippen LogP contribution in [-0.2, 0) is 4.79 Å². The van der Waals surface area contributed by atoms with Crippen LogP contribution in [0.5, 0.6) is 5.75 Å². The Morgan fingerprint density at radius 3 is 2.52 bits per heavy atom. The van der Waals surface area contributed by atoms with Gasteiger partial charge in [0.15, 0.2) is 4.32 Å². The van der Waals surface area contributed by atoms with E-state index in [9.17, 15) is 14.9 Å². The number of ether oxygens (including phenoxy) is 1. The number of rotatable bonds is 4. The second-order valence-corrected chi connectivity index (χ2v) is 6.71. The van der Waals surface area contributed by atoms with Crippen LogP contribution < -0.4 is 9.64 Å². The minimum atomic E-state index is -0.490. The van der Waals surface area contributed by atoms with Crippen molar-refractivity contribution in [3.05, 3.63) is 69.1 Å². The fourth-order valence-electron chi connectivity index (χ4n) is 2.34. The molecule has 0 bridgehead atoms. The van der Waals surface area contributed by atoms with Crippen molar-refractivity contribution in [3.8, 4) is 5.75 Å². The summed E-state index contributed by atoms with van der Waals surface area (Å²) in [7, 11) is 1.56. The average molecular weight is 372 g/mol. The average Bonchev–Trinajstić information content (AvgIpc) is 2.89. The molecule has 0 saturated carbocycles. The maximum atomic E-state index is 12.7. The number of nitro groups is 1. The number of carbonyl (C=O) groups is 1. The van der Waals surface area contributed by atoms with Crippen molar-refractivity contribution in [1.29, 1.82) is 0 Å². The summed E-state index contributed by atoms with van der Waals surface area (Å²) in [5.74, 6) is 0.387. The molecule has 0 N–H and O–H groups in total. The van der Waals surface area contributed by atoms with E-state index in [1.807, 2.05) is 24.3 Å². The van der Waals surface area contributed by atoms with Crippen molar-refractivity contribution in [2.24, 2.45) is 0 Å². The van der Waals surface area contributed by atoms with Crippen molar-refractivity contribution >= 4 is 51.7 Å². The minimum absolute atomic E-state index is 0.0428. The fourth-order valence-corrected chi connectivity index (χ4v) is 3.63. The SMILES string of the molecule is COc1ccccc1C=C1SC(=S)N(c2ccc([N+](=O)[O-])cc2)C1=O. The first-order chi connectivity index (χ1) is 12.0. The van der Waals surface area contributed by atoms with Crippen molar-refractivity contribution in [2.45, 2.75) is 0 Å². The Labute approximate surface area is 153 Å². The molecule has 1 aliphatic rings. The van der Waals surface area contributed by atoms with Gasteiger partial charge in [0.1, 0.15) is 5.75 Å². The van der Waals surface area contributed by atoms with E-state index in [0.29, 0.717) is 20.7 Å². The molecule has 1 saturated heterocycles. The lowest BCUT2D eigenvalue weighted by Crippen LogP contribution is -2.27. The maximum Gasteiger partial charge on any atom is 0.270 e. The van der Waals surface area contributed by atoms with Crippen LogP contribution in [0.25, 0.3) is 6.08 Å². The van der Waals surface area contributed by atoms with E-state index in [0.717, 1.165) is 5.56 Å². The molecule has 0 spiro atoms. The van der Waals surface area contributed by atoms with Gasteiger partial charge in [-0.05, 0) is 24.3 Å². The smallest absolute Gasteiger partial charge is 0.270 e. The molecule has 25 heavy (non-hydrogen) atoms. The van der Waals surface area contributed by atoms with E-state index in [4.69, 9.17) is 17.0 Å². The molecular weight excluding hydrogens is 360 g/mol. The van der Waals surface area contributed by atoms with Crippen molar-refractivity contribution in [1.82, 2.24) is 0 Å². The number of carbonyl (C=O) groups excluding carboxylic acids is 1. The van der Waals surface area contributed by atoms with Gasteiger partial charge in [-0.15, -0.1) is 0 Å². The molecule has 8 heteroatoms. The van der Waals surface area contributed by atoms with Crippen LogP contribution in [0.3, 0.4) is 0 Å². The van der Waals surface area contributed by atoms with Crippen LogP contribution in [0.2, 0.25) is 0 Å². The number of non-ortho nitro benzene ring substituents is 1. The summed E-state index contributed by atoms with van der Waals surface area (Å²) in [5, 5.41) is 10.8. The first-order valence-corrected chi connectivity index (χ1v) is 8.39. The number of hydrogen-bond donors (Lipinski definition) is 0. The predicted octanol–water partition coefficient (Wildman–Crippen LogP) is 4.01. The van der Waals surface area contributed by atoms with Crippen molar-refractivity contribution in [3.63, 3.8) is 0 Å². The Kier molecular flexibility index (Phi) is 4.82. The largest absolute Gasteiger partial charge is 0.496 e. The van der Waals surface area contributed by atoms with Crippen LogP contribution in [0, 0.1) is 10.1 Å². The third kappa shape index (κ3) is 3.40. The fraction of sp³-hybridized carbons (Fsp3) is 0.0588. The summed E-state index contributed by atoms with van der Waals surface area (Å²) in [4.78, 5) is 24.8. The van der Waals surface area contributed by atoms with Crippen LogP contribution >= 0.6 is 24.0 Å². The second kappa shape index (κ2) is 7.04. The van der Waals surface area contributed by atoms with Gasteiger partial charge < -0.3 is 4.74 Å². The van der Waals surface area contributed by atoms with Gasteiger partial charge >= 0.3 is 0 Å². The van der Waals surface area contributed by atoms with Crippen LogP contribution in [0.4, 0.5) is 11.4 Å². The van der Waals surface area contributed by atoms with E-state index < -0.39 is 4.92 Å². The van der Waals surface area contributed by atoms with Gasteiger partial charge in [0.05, 0.1) is 22.6 Å².